The molecule has 2 rings (SSSR count). The van der Waals surface area contributed by atoms with E-state index in [4.69, 9.17) is 4.74 Å². The second-order valence-corrected chi connectivity index (χ2v) is 7.18. The Morgan fingerprint density at radius 3 is 2.61 bits per heavy atom. The highest BCUT2D eigenvalue weighted by molar-refractivity contribution is 4.88. The molecule has 0 amide bonds. The van der Waals surface area contributed by atoms with Crippen LogP contribution in [-0.2, 0) is 4.74 Å². The van der Waals surface area contributed by atoms with Gasteiger partial charge in [0.25, 0.3) is 0 Å². The molecule has 106 valence electrons. The summed E-state index contributed by atoms with van der Waals surface area (Å²) in [6, 6.07) is 0.845. The van der Waals surface area contributed by atoms with E-state index in [1.807, 2.05) is 0 Å². The standard InChI is InChI=1S/C16H31NO/c1-4-9-18-12-14-10-16(2,3)8-7-13(14)11-17-15-5-6-15/h13-15,17H,4-12H2,1-3H3. The Kier molecular flexibility index (Phi) is 5.08. The van der Waals surface area contributed by atoms with Crippen LogP contribution in [0.5, 0.6) is 0 Å². The molecule has 0 aliphatic heterocycles. The molecule has 2 heteroatoms. The van der Waals surface area contributed by atoms with E-state index >= 15 is 0 Å². The molecule has 2 fully saturated rings. The van der Waals surface area contributed by atoms with E-state index in [1.54, 1.807) is 0 Å². The number of nitrogens with one attached hydrogen (secondary N) is 1. The van der Waals surface area contributed by atoms with Crippen LogP contribution in [0.2, 0.25) is 0 Å². The van der Waals surface area contributed by atoms with Crippen molar-refractivity contribution in [3.63, 3.8) is 0 Å². The lowest BCUT2D eigenvalue weighted by atomic mass is 9.67. The summed E-state index contributed by atoms with van der Waals surface area (Å²) in [5.74, 6) is 1.61. The van der Waals surface area contributed by atoms with Crippen molar-refractivity contribution < 1.29 is 4.74 Å². The normalized spacial score (nSPS) is 31.5. The van der Waals surface area contributed by atoms with Crippen LogP contribution >= 0.6 is 0 Å². The van der Waals surface area contributed by atoms with E-state index in [2.05, 4.69) is 26.1 Å². The SMILES string of the molecule is CCCOCC1CC(C)(C)CCC1CNC1CC1. The van der Waals surface area contributed by atoms with Gasteiger partial charge in [0, 0.05) is 19.3 Å². The summed E-state index contributed by atoms with van der Waals surface area (Å²) in [4.78, 5) is 0. The Morgan fingerprint density at radius 2 is 1.94 bits per heavy atom. The van der Waals surface area contributed by atoms with Gasteiger partial charge in [0.05, 0.1) is 0 Å². The van der Waals surface area contributed by atoms with Crippen molar-refractivity contribution in [3.8, 4) is 0 Å². The van der Waals surface area contributed by atoms with Gasteiger partial charge in [-0.05, 0) is 62.3 Å². The molecule has 0 saturated heterocycles. The molecule has 2 saturated carbocycles. The molecular formula is C16H31NO. The van der Waals surface area contributed by atoms with Crippen molar-refractivity contribution >= 4 is 0 Å². The third-order valence-corrected chi connectivity index (χ3v) is 4.60. The number of hydrogen-bond donors (Lipinski definition) is 1. The fourth-order valence-electron chi connectivity index (χ4n) is 3.24. The molecule has 2 aliphatic carbocycles. The molecule has 0 aromatic rings. The molecule has 2 unspecified atom stereocenters. The van der Waals surface area contributed by atoms with E-state index in [0.717, 1.165) is 37.5 Å². The highest BCUT2D eigenvalue weighted by Crippen LogP contribution is 2.42. The summed E-state index contributed by atoms with van der Waals surface area (Å²) in [5, 5.41) is 3.72. The fourth-order valence-corrected chi connectivity index (χ4v) is 3.24. The number of ether oxygens (including phenoxy) is 1. The fraction of sp³-hybridized carbons (Fsp3) is 1.00. The Balaban J connectivity index is 1.79. The van der Waals surface area contributed by atoms with Crippen molar-refractivity contribution in [2.24, 2.45) is 17.3 Å². The quantitative estimate of drug-likeness (QED) is 0.700. The lowest BCUT2D eigenvalue weighted by Crippen LogP contribution is -2.38. The first-order valence-corrected chi connectivity index (χ1v) is 7.92. The van der Waals surface area contributed by atoms with E-state index in [1.165, 1.54) is 38.6 Å². The molecule has 0 spiro atoms. The smallest absolute Gasteiger partial charge is 0.0497 e. The van der Waals surface area contributed by atoms with Gasteiger partial charge < -0.3 is 10.1 Å². The van der Waals surface area contributed by atoms with Crippen molar-refractivity contribution in [1.82, 2.24) is 5.32 Å². The summed E-state index contributed by atoms with van der Waals surface area (Å²) in [7, 11) is 0. The molecule has 2 aliphatic rings. The maximum absolute atomic E-state index is 5.84. The molecular weight excluding hydrogens is 222 g/mol. The lowest BCUT2D eigenvalue weighted by molar-refractivity contribution is 0.0249. The molecule has 1 N–H and O–H groups in total. The first-order chi connectivity index (χ1) is 8.61. The monoisotopic (exact) mass is 253 g/mol. The number of rotatable bonds is 7. The van der Waals surface area contributed by atoms with Crippen LogP contribution in [0.25, 0.3) is 0 Å². The van der Waals surface area contributed by atoms with Gasteiger partial charge in [0.2, 0.25) is 0 Å². The average Bonchev–Trinajstić information content (AvgIpc) is 3.11. The second kappa shape index (κ2) is 6.38. The van der Waals surface area contributed by atoms with Crippen LogP contribution in [0.4, 0.5) is 0 Å². The van der Waals surface area contributed by atoms with Crippen LogP contribution in [0.3, 0.4) is 0 Å². The van der Waals surface area contributed by atoms with Gasteiger partial charge in [0.15, 0.2) is 0 Å². The molecule has 0 bridgehead atoms. The summed E-state index contributed by atoms with van der Waals surface area (Å²) in [5.41, 5.74) is 0.524. The van der Waals surface area contributed by atoms with Gasteiger partial charge in [0.1, 0.15) is 0 Å². The lowest BCUT2D eigenvalue weighted by Gasteiger charge is -2.41. The van der Waals surface area contributed by atoms with Gasteiger partial charge in [-0.15, -0.1) is 0 Å². The van der Waals surface area contributed by atoms with E-state index in [0.29, 0.717) is 5.41 Å². The minimum atomic E-state index is 0.524. The molecule has 18 heavy (non-hydrogen) atoms. The zero-order chi connectivity index (χ0) is 13.0. The molecule has 0 aromatic carbocycles. The zero-order valence-electron chi connectivity index (χ0n) is 12.5. The van der Waals surface area contributed by atoms with Crippen molar-refractivity contribution in [3.05, 3.63) is 0 Å². The summed E-state index contributed by atoms with van der Waals surface area (Å²) >= 11 is 0. The Bertz CT molecular complexity index is 245. The van der Waals surface area contributed by atoms with E-state index in [-0.39, 0.29) is 0 Å². The molecule has 2 nitrogen and oxygen atoms in total. The van der Waals surface area contributed by atoms with Crippen molar-refractivity contribution in [1.29, 1.82) is 0 Å². The predicted octanol–water partition coefficient (Wildman–Crippen LogP) is 3.61. The van der Waals surface area contributed by atoms with Crippen molar-refractivity contribution in [2.45, 2.75) is 65.3 Å². The molecule has 0 heterocycles. The first kappa shape index (κ1) is 14.3. The van der Waals surface area contributed by atoms with Gasteiger partial charge in [-0.3, -0.25) is 0 Å². The summed E-state index contributed by atoms with van der Waals surface area (Å²) in [6.07, 6.45) is 8.04. The van der Waals surface area contributed by atoms with Gasteiger partial charge in [-0.2, -0.15) is 0 Å². The van der Waals surface area contributed by atoms with Crippen LogP contribution < -0.4 is 5.32 Å². The Morgan fingerprint density at radius 1 is 1.17 bits per heavy atom. The maximum atomic E-state index is 5.84. The second-order valence-electron chi connectivity index (χ2n) is 7.18. The minimum absolute atomic E-state index is 0.524. The van der Waals surface area contributed by atoms with Crippen LogP contribution in [-0.4, -0.2) is 25.8 Å². The third kappa shape index (κ3) is 4.55. The largest absolute Gasteiger partial charge is 0.381 e. The Hall–Kier alpha value is -0.0800. The highest BCUT2D eigenvalue weighted by Gasteiger charge is 2.35. The molecule has 0 aromatic heterocycles. The summed E-state index contributed by atoms with van der Waals surface area (Å²) in [6.45, 7) is 10.2. The predicted molar refractivity (Wildman–Crippen MR) is 76.7 cm³/mol. The van der Waals surface area contributed by atoms with Gasteiger partial charge >= 0.3 is 0 Å². The number of hydrogen-bond acceptors (Lipinski definition) is 2. The zero-order valence-corrected chi connectivity index (χ0v) is 12.5. The van der Waals surface area contributed by atoms with E-state index < -0.39 is 0 Å². The minimum Gasteiger partial charge on any atom is -0.381 e. The average molecular weight is 253 g/mol. The van der Waals surface area contributed by atoms with Crippen LogP contribution in [0.1, 0.15) is 59.3 Å². The highest BCUT2D eigenvalue weighted by atomic mass is 16.5. The Labute approximate surface area is 113 Å². The summed E-state index contributed by atoms with van der Waals surface area (Å²) < 4.78 is 5.84. The van der Waals surface area contributed by atoms with E-state index in [9.17, 15) is 0 Å². The van der Waals surface area contributed by atoms with Gasteiger partial charge in [-0.1, -0.05) is 20.8 Å². The molecule has 0 radical (unpaired) electrons. The first-order valence-electron chi connectivity index (χ1n) is 7.92. The topological polar surface area (TPSA) is 21.3 Å². The van der Waals surface area contributed by atoms with Crippen molar-refractivity contribution in [2.75, 3.05) is 19.8 Å². The van der Waals surface area contributed by atoms with Crippen LogP contribution in [0.15, 0.2) is 0 Å². The van der Waals surface area contributed by atoms with Gasteiger partial charge in [-0.25, -0.2) is 0 Å². The third-order valence-electron chi connectivity index (χ3n) is 4.60. The maximum Gasteiger partial charge on any atom is 0.0497 e. The molecule has 2 atom stereocenters. The van der Waals surface area contributed by atoms with Crippen LogP contribution in [0, 0.1) is 17.3 Å².